The lowest BCUT2D eigenvalue weighted by atomic mass is 10.1. The smallest absolute Gasteiger partial charge is 0.271 e. The van der Waals surface area contributed by atoms with Gasteiger partial charge in [-0.15, -0.1) is 0 Å². The first kappa shape index (κ1) is 28.8. The first-order chi connectivity index (χ1) is 16.7. The molecular formula is C25H34N4O6S. The van der Waals surface area contributed by atoms with E-state index in [-0.39, 0.29) is 29.7 Å². The van der Waals surface area contributed by atoms with Gasteiger partial charge in [-0.1, -0.05) is 49.7 Å². The van der Waals surface area contributed by atoms with Crippen molar-refractivity contribution in [2.45, 2.75) is 47.2 Å². The number of rotatable bonds is 11. The van der Waals surface area contributed by atoms with Gasteiger partial charge in [0.1, 0.15) is 12.6 Å². The number of nitro groups is 1. The molecule has 0 aliphatic heterocycles. The molecular weight excluding hydrogens is 484 g/mol. The van der Waals surface area contributed by atoms with Gasteiger partial charge in [0.15, 0.2) is 0 Å². The van der Waals surface area contributed by atoms with Gasteiger partial charge in [-0.05, 0) is 37.8 Å². The zero-order chi connectivity index (χ0) is 27.2. The summed E-state index contributed by atoms with van der Waals surface area (Å²) >= 11 is 0. The van der Waals surface area contributed by atoms with Crippen LogP contribution in [-0.4, -0.2) is 55.4 Å². The highest BCUT2D eigenvalue weighted by Gasteiger charge is 2.31. The van der Waals surface area contributed by atoms with Crippen LogP contribution in [0.1, 0.15) is 37.5 Å². The van der Waals surface area contributed by atoms with Crippen molar-refractivity contribution < 1.29 is 22.9 Å². The van der Waals surface area contributed by atoms with Crippen LogP contribution in [-0.2, 0) is 26.2 Å². The molecule has 2 amide bonds. The van der Waals surface area contributed by atoms with Gasteiger partial charge in [0.05, 0.1) is 16.9 Å². The number of nitrogens with zero attached hydrogens (tertiary/aromatic N) is 3. The summed E-state index contributed by atoms with van der Waals surface area (Å²) in [5, 5.41) is 14.1. The molecule has 0 heterocycles. The summed E-state index contributed by atoms with van der Waals surface area (Å²) in [5.41, 5.74) is 1.99. The van der Waals surface area contributed by atoms with E-state index >= 15 is 0 Å². The molecule has 1 N–H and O–H groups in total. The highest BCUT2D eigenvalue weighted by molar-refractivity contribution is 7.92. The van der Waals surface area contributed by atoms with Crippen LogP contribution in [0.25, 0.3) is 0 Å². The van der Waals surface area contributed by atoms with Crippen LogP contribution >= 0.6 is 0 Å². The van der Waals surface area contributed by atoms with Crippen LogP contribution in [0.15, 0.2) is 42.5 Å². The number of nitro benzene ring substituents is 1. The van der Waals surface area contributed by atoms with E-state index in [1.807, 2.05) is 45.0 Å². The van der Waals surface area contributed by atoms with Gasteiger partial charge in [0, 0.05) is 25.2 Å². The molecule has 0 saturated heterocycles. The third-order valence-electron chi connectivity index (χ3n) is 5.68. The van der Waals surface area contributed by atoms with Crippen molar-refractivity contribution in [2.75, 3.05) is 23.7 Å². The summed E-state index contributed by atoms with van der Waals surface area (Å²) in [6, 6.07) is 10.4. The summed E-state index contributed by atoms with van der Waals surface area (Å²) in [6.45, 7) is 8.92. The largest absolute Gasteiger partial charge is 0.354 e. The maximum absolute atomic E-state index is 13.6. The lowest BCUT2D eigenvalue weighted by molar-refractivity contribution is -0.384. The molecule has 0 aliphatic rings. The second-order valence-corrected chi connectivity index (χ2v) is 11.2. The normalized spacial score (nSPS) is 12.2. The highest BCUT2D eigenvalue weighted by Crippen LogP contribution is 2.28. The van der Waals surface area contributed by atoms with Gasteiger partial charge < -0.3 is 10.2 Å². The average molecular weight is 519 g/mol. The molecule has 0 bridgehead atoms. The number of aryl methyl sites for hydroxylation is 2. The Morgan fingerprint density at radius 1 is 1.06 bits per heavy atom. The number of carbonyl (C=O) groups is 2. The molecule has 196 valence electrons. The van der Waals surface area contributed by atoms with Crippen molar-refractivity contribution in [1.82, 2.24) is 10.2 Å². The topological polar surface area (TPSA) is 130 Å². The average Bonchev–Trinajstić information content (AvgIpc) is 2.79. The molecule has 0 aromatic heterocycles. The maximum Gasteiger partial charge on any atom is 0.271 e. The molecule has 0 radical (unpaired) electrons. The third kappa shape index (κ3) is 7.77. The first-order valence-corrected chi connectivity index (χ1v) is 13.4. The maximum atomic E-state index is 13.6. The van der Waals surface area contributed by atoms with E-state index in [1.54, 1.807) is 13.8 Å². The number of sulfonamides is 1. The summed E-state index contributed by atoms with van der Waals surface area (Å²) < 4.78 is 26.3. The summed E-state index contributed by atoms with van der Waals surface area (Å²) in [4.78, 5) is 38.4. The van der Waals surface area contributed by atoms with E-state index in [4.69, 9.17) is 0 Å². The number of anilines is 1. The summed E-state index contributed by atoms with van der Waals surface area (Å²) in [7, 11) is -3.99. The van der Waals surface area contributed by atoms with Crippen LogP contribution in [0.4, 0.5) is 11.4 Å². The van der Waals surface area contributed by atoms with E-state index in [1.165, 1.54) is 17.0 Å². The van der Waals surface area contributed by atoms with Crippen molar-refractivity contribution >= 4 is 33.2 Å². The molecule has 10 nitrogen and oxygen atoms in total. The zero-order valence-corrected chi connectivity index (χ0v) is 22.3. The first-order valence-electron chi connectivity index (χ1n) is 11.6. The Kier molecular flexibility index (Phi) is 9.57. The fraction of sp³-hybridized carbons (Fsp3) is 0.440. The molecule has 2 rings (SSSR count). The predicted octanol–water partition coefficient (Wildman–Crippen LogP) is 3.17. The van der Waals surface area contributed by atoms with Crippen LogP contribution < -0.4 is 9.62 Å². The Morgan fingerprint density at radius 3 is 2.19 bits per heavy atom. The Morgan fingerprint density at radius 2 is 1.67 bits per heavy atom. The van der Waals surface area contributed by atoms with E-state index in [2.05, 4.69) is 5.32 Å². The van der Waals surface area contributed by atoms with Crippen LogP contribution in [0.5, 0.6) is 0 Å². The standard InChI is InChI=1S/C25H34N4O6S/c1-17(2)14-26-25(31)20(5)27(15-21-10-7-18(3)8-11-21)24(30)16-28(36(6,34)35)23-13-22(29(32)33)12-9-19(23)4/h7-13,17,20H,14-16H2,1-6H3,(H,26,31)/t20-/m1/s1. The van der Waals surface area contributed by atoms with E-state index < -0.39 is 33.4 Å². The van der Waals surface area contributed by atoms with Gasteiger partial charge in [-0.25, -0.2) is 8.42 Å². The second-order valence-electron chi connectivity index (χ2n) is 9.32. The number of benzene rings is 2. The summed E-state index contributed by atoms with van der Waals surface area (Å²) in [6.07, 6.45) is 0.932. The molecule has 0 saturated carbocycles. The minimum Gasteiger partial charge on any atom is -0.354 e. The van der Waals surface area contributed by atoms with Gasteiger partial charge in [0.25, 0.3) is 5.69 Å². The Hall–Kier alpha value is -3.47. The molecule has 11 heteroatoms. The fourth-order valence-electron chi connectivity index (χ4n) is 3.50. The van der Waals surface area contributed by atoms with Crippen LogP contribution in [0.3, 0.4) is 0 Å². The monoisotopic (exact) mass is 518 g/mol. The van der Waals surface area contributed by atoms with E-state index in [0.29, 0.717) is 12.1 Å². The van der Waals surface area contributed by atoms with Gasteiger partial charge in [-0.3, -0.25) is 24.0 Å². The van der Waals surface area contributed by atoms with Crippen molar-refractivity contribution in [3.8, 4) is 0 Å². The van der Waals surface area contributed by atoms with Crippen LogP contribution in [0.2, 0.25) is 0 Å². The minimum atomic E-state index is -3.99. The lowest BCUT2D eigenvalue weighted by Crippen LogP contribution is -2.51. The van der Waals surface area contributed by atoms with Crippen molar-refractivity contribution in [2.24, 2.45) is 5.92 Å². The van der Waals surface area contributed by atoms with Crippen LogP contribution in [0, 0.1) is 29.9 Å². The van der Waals surface area contributed by atoms with Gasteiger partial charge in [-0.2, -0.15) is 0 Å². The molecule has 0 unspecified atom stereocenters. The van der Waals surface area contributed by atoms with E-state index in [0.717, 1.165) is 27.8 Å². The number of non-ortho nitro benzene ring substituents is 1. The Bertz CT molecular complexity index is 1210. The van der Waals surface area contributed by atoms with Crippen molar-refractivity contribution in [3.05, 3.63) is 69.3 Å². The number of hydrogen-bond acceptors (Lipinski definition) is 6. The lowest BCUT2D eigenvalue weighted by Gasteiger charge is -2.32. The molecule has 0 fully saturated rings. The highest BCUT2D eigenvalue weighted by atomic mass is 32.2. The summed E-state index contributed by atoms with van der Waals surface area (Å²) in [5.74, 6) is -0.763. The number of nitrogens with one attached hydrogen (secondary N) is 1. The molecule has 36 heavy (non-hydrogen) atoms. The number of amides is 2. The molecule has 0 spiro atoms. The van der Waals surface area contributed by atoms with Gasteiger partial charge >= 0.3 is 0 Å². The van der Waals surface area contributed by atoms with Gasteiger partial charge in [0.2, 0.25) is 21.8 Å². The second kappa shape index (κ2) is 12.0. The Labute approximate surface area is 212 Å². The number of hydrogen-bond donors (Lipinski definition) is 1. The SMILES string of the molecule is Cc1ccc(CN(C(=O)CN(c2cc([N+](=O)[O-])ccc2C)S(C)(=O)=O)[C@H](C)C(=O)NCC(C)C)cc1. The molecule has 2 aromatic rings. The zero-order valence-electron chi connectivity index (χ0n) is 21.5. The van der Waals surface area contributed by atoms with E-state index in [9.17, 15) is 28.1 Å². The molecule has 0 aliphatic carbocycles. The third-order valence-corrected chi connectivity index (χ3v) is 6.80. The van der Waals surface area contributed by atoms with Crippen molar-refractivity contribution in [1.29, 1.82) is 0 Å². The molecule has 2 aromatic carbocycles. The molecule has 1 atom stereocenters. The fourth-order valence-corrected chi connectivity index (χ4v) is 4.40. The Balaban J connectivity index is 2.45. The number of carbonyl (C=O) groups excluding carboxylic acids is 2. The predicted molar refractivity (Wildman–Crippen MR) is 139 cm³/mol. The minimum absolute atomic E-state index is 0.0345. The quantitative estimate of drug-likeness (QED) is 0.359. The van der Waals surface area contributed by atoms with Crippen molar-refractivity contribution in [3.63, 3.8) is 0 Å².